The Kier molecular flexibility index (Phi) is 9.67. The van der Waals surface area contributed by atoms with Gasteiger partial charge in [0.15, 0.2) is 0 Å². The van der Waals surface area contributed by atoms with E-state index in [1.54, 1.807) is 48.5 Å². The molecule has 0 fully saturated rings. The third-order valence-corrected chi connectivity index (χ3v) is 10.6. The molecule has 49 heavy (non-hydrogen) atoms. The number of aromatic carboxylic acids is 2. The first-order valence-corrected chi connectivity index (χ1v) is 16.9. The lowest BCUT2D eigenvalue weighted by atomic mass is 9.90. The number of benzene rings is 5. The Morgan fingerprint density at radius 3 is 1.84 bits per heavy atom. The van der Waals surface area contributed by atoms with E-state index in [0.29, 0.717) is 50.0 Å². The Morgan fingerprint density at radius 1 is 0.776 bits per heavy atom. The molecule has 1 aliphatic heterocycles. The van der Waals surface area contributed by atoms with Gasteiger partial charge in [-0.1, -0.05) is 85.0 Å². The summed E-state index contributed by atoms with van der Waals surface area (Å²) < 4.78 is 0. The number of carbonyl (C=O) groups is 2. The molecule has 0 spiro atoms. The van der Waals surface area contributed by atoms with Gasteiger partial charge in [0, 0.05) is 35.0 Å². The smallest absolute Gasteiger partial charge is 0.339 e. The molecule has 3 unspecified atom stereocenters. The molecule has 0 saturated carbocycles. The predicted molar refractivity (Wildman–Crippen MR) is 197 cm³/mol. The fourth-order valence-corrected chi connectivity index (χ4v) is 7.72. The molecule has 9 heteroatoms. The van der Waals surface area contributed by atoms with E-state index in [1.807, 2.05) is 11.8 Å². The molecule has 7 rings (SSSR count). The van der Waals surface area contributed by atoms with Crippen LogP contribution < -0.4 is 4.90 Å². The number of rotatable bonds is 7. The lowest BCUT2D eigenvalue weighted by molar-refractivity contribution is 0.0682. The monoisotopic (exact) mass is 674 g/mol. The number of para-hydroxylation sites is 1. The highest BCUT2D eigenvalue weighted by atomic mass is 32.2. The van der Waals surface area contributed by atoms with Gasteiger partial charge in [-0.15, -0.1) is 11.8 Å². The highest BCUT2D eigenvalue weighted by molar-refractivity contribution is 8.00. The van der Waals surface area contributed by atoms with E-state index in [9.17, 15) is 30.0 Å². The largest absolute Gasteiger partial charge is 0.507 e. The van der Waals surface area contributed by atoms with Crippen LogP contribution >= 0.6 is 11.8 Å². The second kappa shape index (κ2) is 14.1. The fraction of sp³-hybridized carbons (Fsp3) is 0.200. The van der Waals surface area contributed by atoms with E-state index in [4.69, 9.17) is 0 Å². The lowest BCUT2D eigenvalue weighted by Gasteiger charge is -2.43. The van der Waals surface area contributed by atoms with Gasteiger partial charge in [0.25, 0.3) is 0 Å². The standard InChI is InChI=1S/C23H16O6.C17H22N2S/c24-20-16(14-7-3-1-5-12(14)9-18(20)22(26)27)11-17-15-8-4-2-6-13(15)10-19(21(17)25)23(28)29;1-13(18(2)3)12-19-14-8-4-6-10-16(14)20-17-11-7-5-9-15(17)19/h1-10,24-25H,11H2,(H,26,27)(H,28,29);4-11,13-14,16H,12H2,1-3H3. The third-order valence-electron chi connectivity index (χ3n) is 9.26. The van der Waals surface area contributed by atoms with Gasteiger partial charge in [0.2, 0.25) is 0 Å². The van der Waals surface area contributed by atoms with E-state index in [2.05, 4.69) is 79.4 Å². The average molecular weight is 675 g/mol. The molecule has 5 aromatic carbocycles. The maximum absolute atomic E-state index is 11.6. The second-order valence-corrected chi connectivity index (χ2v) is 13.7. The zero-order valence-electron chi connectivity index (χ0n) is 27.4. The summed E-state index contributed by atoms with van der Waals surface area (Å²) in [6.07, 6.45) is 8.99. The molecule has 3 atom stereocenters. The van der Waals surface area contributed by atoms with Crippen molar-refractivity contribution in [2.45, 2.75) is 35.6 Å². The Hall–Kier alpha value is -5.25. The van der Waals surface area contributed by atoms with Crippen molar-refractivity contribution in [2.75, 3.05) is 25.5 Å². The van der Waals surface area contributed by atoms with Crippen LogP contribution in [0.5, 0.6) is 11.5 Å². The van der Waals surface area contributed by atoms with E-state index in [1.165, 1.54) is 22.7 Å². The van der Waals surface area contributed by atoms with Crippen LogP contribution in [0.15, 0.2) is 114 Å². The van der Waals surface area contributed by atoms with Gasteiger partial charge in [0.05, 0.1) is 17.0 Å². The van der Waals surface area contributed by atoms with Crippen molar-refractivity contribution in [2.24, 2.45) is 0 Å². The first-order chi connectivity index (χ1) is 23.5. The Labute approximate surface area is 289 Å². The van der Waals surface area contributed by atoms with E-state index < -0.39 is 23.4 Å². The van der Waals surface area contributed by atoms with Crippen molar-refractivity contribution < 1.29 is 30.0 Å². The lowest BCUT2D eigenvalue weighted by Crippen LogP contribution is -2.49. The highest BCUT2D eigenvalue weighted by Gasteiger charge is 2.33. The van der Waals surface area contributed by atoms with Gasteiger partial charge in [-0.3, -0.25) is 0 Å². The molecule has 0 aromatic heterocycles. The molecule has 2 aliphatic rings. The number of likely N-dealkylation sites (N-methyl/N-ethyl adjacent to an activating group) is 1. The molecule has 1 heterocycles. The minimum atomic E-state index is -1.28. The minimum Gasteiger partial charge on any atom is -0.507 e. The number of fused-ring (bicyclic) bond motifs is 4. The normalized spacial score (nSPS) is 16.9. The quantitative estimate of drug-likeness (QED) is 0.137. The second-order valence-electron chi connectivity index (χ2n) is 12.5. The van der Waals surface area contributed by atoms with Crippen LogP contribution in [0.25, 0.3) is 21.5 Å². The zero-order valence-corrected chi connectivity index (χ0v) is 28.3. The molecule has 0 bridgehead atoms. The average Bonchev–Trinajstić information content (AvgIpc) is 3.09. The van der Waals surface area contributed by atoms with Crippen LogP contribution in [0.4, 0.5) is 5.69 Å². The summed E-state index contributed by atoms with van der Waals surface area (Å²) >= 11 is 1.99. The topological polar surface area (TPSA) is 122 Å². The Morgan fingerprint density at radius 2 is 1.29 bits per heavy atom. The summed E-state index contributed by atoms with van der Waals surface area (Å²) in [7, 11) is 4.31. The number of hydrogen-bond donors (Lipinski definition) is 4. The first kappa shape index (κ1) is 33.6. The predicted octanol–water partition coefficient (Wildman–Crippen LogP) is 7.80. The van der Waals surface area contributed by atoms with Crippen LogP contribution in [-0.4, -0.2) is 75.2 Å². The number of carboxylic acid groups (broad SMARTS) is 2. The Balaban J connectivity index is 0.000000182. The summed E-state index contributed by atoms with van der Waals surface area (Å²) in [5.74, 6) is -3.36. The van der Waals surface area contributed by atoms with Crippen LogP contribution in [-0.2, 0) is 6.42 Å². The van der Waals surface area contributed by atoms with Crippen molar-refractivity contribution in [3.05, 3.63) is 131 Å². The van der Waals surface area contributed by atoms with Gasteiger partial charge >= 0.3 is 11.9 Å². The highest BCUT2D eigenvalue weighted by Crippen LogP contribution is 2.44. The number of hydrogen-bond acceptors (Lipinski definition) is 7. The third kappa shape index (κ3) is 6.72. The number of carboxylic acids is 2. The summed E-state index contributed by atoms with van der Waals surface area (Å²) in [5.41, 5.74) is 1.49. The van der Waals surface area contributed by atoms with Gasteiger partial charge in [-0.05, 0) is 66.8 Å². The molecule has 0 radical (unpaired) electrons. The van der Waals surface area contributed by atoms with Gasteiger partial charge in [-0.2, -0.15) is 0 Å². The van der Waals surface area contributed by atoms with Crippen molar-refractivity contribution in [1.82, 2.24) is 4.90 Å². The summed E-state index contributed by atoms with van der Waals surface area (Å²) in [5, 5.41) is 43.3. The molecule has 4 N–H and O–H groups in total. The SMILES string of the molecule is CC(CN1c2ccccc2SC2C=CC=CC21)N(C)C.O=C(O)c1cc2ccccc2c(Cc2c(O)c(C(=O)O)cc3ccccc23)c1O. The molecule has 1 aliphatic carbocycles. The fourth-order valence-electron chi connectivity index (χ4n) is 6.42. The summed E-state index contributed by atoms with van der Waals surface area (Å²) in [6, 6.07) is 26.6. The molecular weight excluding hydrogens is 637 g/mol. The molecule has 0 saturated heterocycles. The molecular formula is C40H38N2O6S. The van der Waals surface area contributed by atoms with Crippen LogP contribution in [0, 0.1) is 0 Å². The van der Waals surface area contributed by atoms with E-state index in [0.717, 1.165) is 6.54 Å². The number of nitrogens with zero attached hydrogens (tertiary/aromatic N) is 2. The number of anilines is 1. The first-order valence-electron chi connectivity index (χ1n) is 16.0. The Bertz CT molecular complexity index is 2020. The van der Waals surface area contributed by atoms with E-state index in [-0.39, 0.29) is 17.5 Å². The number of allylic oxidation sites excluding steroid dienone is 2. The van der Waals surface area contributed by atoms with Crippen LogP contribution in [0.3, 0.4) is 0 Å². The number of aromatic hydroxyl groups is 2. The zero-order chi connectivity index (χ0) is 34.8. The van der Waals surface area contributed by atoms with Crippen LogP contribution in [0.1, 0.15) is 38.8 Å². The van der Waals surface area contributed by atoms with Gasteiger partial charge in [0.1, 0.15) is 22.6 Å². The van der Waals surface area contributed by atoms with Crippen molar-refractivity contribution in [1.29, 1.82) is 0 Å². The minimum absolute atomic E-state index is 0.0407. The van der Waals surface area contributed by atoms with Crippen molar-refractivity contribution in [3.63, 3.8) is 0 Å². The summed E-state index contributed by atoms with van der Waals surface area (Å²) in [4.78, 5) is 29.5. The molecule has 0 amide bonds. The summed E-state index contributed by atoms with van der Waals surface area (Å²) in [6.45, 7) is 3.35. The van der Waals surface area contributed by atoms with Crippen molar-refractivity contribution in [3.8, 4) is 11.5 Å². The molecule has 250 valence electrons. The van der Waals surface area contributed by atoms with Crippen molar-refractivity contribution >= 4 is 50.9 Å². The maximum atomic E-state index is 11.6. The molecule has 8 nitrogen and oxygen atoms in total. The van der Waals surface area contributed by atoms with Gasteiger partial charge in [-0.25, -0.2) is 9.59 Å². The maximum Gasteiger partial charge on any atom is 0.339 e. The molecule has 5 aromatic rings. The number of phenols is 2. The van der Waals surface area contributed by atoms with E-state index >= 15 is 0 Å². The number of thioether (sulfide) groups is 1. The van der Waals surface area contributed by atoms with Gasteiger partial charge < -0.3 is 30.2 Å². The van der Waals surface area contributed by atoms with Crippen LogP contribution in [0.2, 0.25) is 0 Å².